The van der Waals surface area contributed by atoms with Crippen molar-refractivity contribution < 1.29 is 9.21 Å². The van der Waals surface area contributed by atoms with E-state index in [1.807, 2.05) is 56.3 Å². The van der Waals surface area contributed by atoms with Gasteiger partial charge in [0.15, 0.2) is 5.58 Å². The van der Waals surface area contributed by atoms with Gasteiger partial charge in [-0.1, -0.05) is 43.2 Å². The zero-order valence-corrected chi connectivity index (χ0v) is 17.1. The Bertz CT molecular complexity index is 1180. The molecule has 1 heterocycles. The molecule has 1 aromatic heterocycles. The fourth-order valence-electron chi connectivity index (χ4n) is 3.47. The van der Waals surface area contributed by atoms with E-state index in [0.717, 1.165) is 27.8 Å². The van der Waals surface area contributed by atoms with Gasteiger partial charge in [0.2, 0.25) is 5.89 Å². The number of oxazole rings is 1. The predicted molar refractivity (Wildman–Crippen MR) is 117 cm³/mol. The number of fused-ring (bicyclic) bond motifs is 1. The molecule has 0 aliphatic carbocycles. The summed E-state index contributed by atoms with van der Waals surface area (Å²) in [4.78, 5) is 17.3. The van der Waals surface area contributed by atoms with Gasteiger partial charge in [0.1, 0.15) is 5.52 Å². The second-order valence-corrected chi connectivity index (χ2v) is 7.81. The number of hydrogen-bond acceptors (Lipinski definition) is 3. The molecule has 0 fully saturated rings. The number of nitrogens with one attached hydrogen (secondary N) is 1. The average Bonchev–Trinajstić information content (AvgIpc) is 3.10. The molecule has 0 radical (unpaired) electrons. The van der Waals surface area contributed by atoms with E-state index in [2.05, 4.69) is 42.3 Å². The van der Waals surface area contributed by atoms with E-state index >= 15 is 0 Å². The van der Waals surface area contributed by atoms with Crippen molar-refractivity contribution in [1.29, 1.82) is 0 Å². The lowest BCUT2D eigenvalue weighted by Gasteiger charge is -2.08. The lowest BCUT2D eigenvalue weighted by molar-refractivity contribution is 0.102. The van der Waals surface area contributed by atoms with E-state index in [9.17, 15) is 4.79 Å². The highest BCUT2D eigenvalue weighted by Crippen LogP contribution is 2.28. The highest BCUT2D eigenvalue weighted by atomic mass is 16.3. The van der Waals surface area contributed by atoms with Crippen LogP contribution in [-0.2, 0) is 0 Å². The Kier molecular flexibility index (Phi) is 4.93. The second kappa shape index (κ2) is 7.55. The minimum Gasteiger partial charge on any atom is -0.436 e. The molecule has 0 saturated heterocycles. The van der Waals surface area contributed by atoms with Gasteiger partial charge < -0.3 is 9.73 Å². The lowest BCUT2D eigenvalue weighted by Crippen LogP contribution is -2.12. The van der Waals surface area contributed by atoms with Gasteiger partial charge in [0, 0.05) is 16.8 Å². The van der Waals surface area contributed by atoms with Gasteiger partial charge in [-0.15, -0.1) is 0 Å². The van der Waals surface area contributed by atoms with Crippen LogP contribution in [0.1, 0.15) is 46.8 Å². The molecule has 0 atom stereocenters. The summed E-state index contributed by atoms with van der Waals surface area (Å²) in [6.07, 6.45) is 0. The van der Waals surface area contributed by atoms with Gasteiger partial charge in [0.25, 0.3) is 5.91 Å². The van der Waals surface area contributed by atoms with Crippen LogP contribution < -0.4 is 5.32 Å². The Morgan fingerprint density at radius 2 is 1.72 bits per heavy atom. The molecule has 4 heteroatoms. The zero-order chi connectivity index (χ0) is 20.5. The summed E-state index contributed by atoms with van der Waals surface area (Å²) in [5, 5.41) is 2.97. The van der Waals surface area contributed by atoms with Crippen molar-refractivity contribution in [2.24, 2.45) is 0 Å². The Morgan fingerprint density at radius 3 is 2.45 bits per heavy atom. The molecule has 0 bridgehead atoms. The molecular weight excluding hydrogens is 360 g/mol. The molecule has 4 nitrogen and oxygen atoms in total. The zero-order valence-electron chi connectivity index (χ0n) is 17.1. The smallest absolute Gasteiger partial charge is 0.255 e. The maximum Gasteiger partial charge on any atom is 0.255 e. The molecule has 1 amide bonds. The first-order chi connectivity index (χ1) is 13.9. The first kappa shape index (κ1) is 18.9. The number of nitrogens with zero attached hydrogens (tertiary/aromatic N) is 1. The highest BCUT2D eigenvalue weighted by Gasteiger charge is 2.12. The first-order valence-electron chi connectivity index (χ1n) is 9.79. The van der Waals surface area contributed by atoms with E-state index < -0.39 is 0 Å². The van der Waals surface area contributed by atoms with Crippen molar-refractivity contribution in [3.05, 3.63) is 82.9 Å². The maximum atomic E-state index is 12.7. The van der Waals surface area contributed by atoms with Crippen LogP contribution in [0, 0.1) is 13.8 Å². The Hall–Kier alpha value is -3.40. The predicted octanol–water partition coefficient (Wildman–Crippen LogP) is 6.49. The lowest BCUT2D eigenvalue weighted by atomic mass is 10.0. The number of aromatic nitrogens is 1. The van der Waals surface area contributed by atoms with Crippen molar-refractivity contribution >= 4 is 22.7 Å². The molecule has 0 aliphatic rings. The monoisotopic (exact) mass is 384 g/mol. The van der Waals surface area contributed by atoms with Crippen LogP contribution in [0.5, 0.6) is 0 Å². The van der Waals surface area contributed by atoms with E-state index in [1.54, 1.807) is 0 Å². The van der Waals surface area contributed by atoms with Gasteiger partial charge in [-0.05, 0) is 67.8 Å². The number of benzene rings is 3. The Balaban J connectivity index is 1.61. The summed E-state index contributed by atoms with van der Waals surface area (Å²) in [6.45, 7) is 8.29. The van der Waals surface area contributed by atoms with Crippen LogP contribution in [0.3, 0.4) is 0 Å². The largest absolute Gasteiger partial charge is 0.436 e. The quantitative estimate of drug-likeness (QED) is 0.438. The molecule has 4 rings (SSSR count). The van der Waals surface area contributed by atoms with Crippen LogP contribution >= 0.6 is 0 Å². The summed E-state index contributed by atoms with van der Waals surface area (Å²) in [5.74, 6) is 0.847. The third-order valence-electron chi connectivity index (χ3n) is 4.93. The Morgan fingerprint density at radius 1 is 0.966 bits per heavy atom. The van der Waals surface area contributed by atoms with Crippen LogP contribution in [-0.4, -0.2) is 10.9 Å². The molecule has 3 aromatic carbocycles. The van der Waals surface area contributed by atoms with Crippen molar-refractivity contribution in [3.63, 3.8) is 0 Å². The normalized spacial score (nSPS) is 11.2. The molecule has 0 aliphatic heterocycles. The van der Waals surface area contributed by atoms with E-state index in [-0.39, 0.29) is 5.91 Å². The Labute approximate surface area is 170 Å². The van der Waals surface area contributed by atoms with Crippen LogP contribution in [0.2, 0.25) is 0 Å². The number of amides is 1. The molecule has 0 spiro atoms. The molecule has 29 heavy (non-hydrogen) atoms. The van der Waals surface area contributed by atoms with Gasteiger partial charge in [-0.3, -0.25) is 4.79 Å². The number of carbonyl (C=O) groups is 1. The number of hydrogen-bond donors (Lipinski definition) is 1. The maximum absolute atomic E-state index is 12.7. The fourth-order valence-corrected chi connectivity index (χ4v) is 3.47. The van der Waals surface area contributed by atoms with Crippen molar-refractivity contribution in [2.45, 2.75) is 33.6 Å². The summed E-state index contributed by atoms with van der Waals surface area (Å²) in [6, 6.07) is 19.5. The minimum absolute atomic E-state index is 0.131. The summed E-state index contributed by atoms with van der Waals surface area (Å²) in [5.41, 5.74) is 7.14. The van der Waals surface area contributed by atoms with Crippen LogP contribution in [0.15, 0.2) is 65.1 Å². The molecular formula is C25H24N2O2. The van der Waals surface area contributed by atoms with E-state index in [0.29, 0.717) is 23.1 Å². The van der Waals surface area contributed by atoms with E-state index in [1.165, 1.54) is 5.56 Å². The molecule has 4 aromatic rings. The van der Waals surface area contributed by atoms with Gasteiger partial charge >= 0.3 is 0 Å². The number of carbonyl (C=O) groups excluding carboxylic acids is 1. The topological polar surface area (TPSA) is 55.1 Å². The van der Waals surface area contributed by atoms with Crippen molar-refractivity contribution in [3.8, 4) is 11.5 Å². The third kappa shape index (κ3) is 4.06. The first-order valence-corrected chi connectivity index (χ1v) is 9.79. The van der Waals surface area contributed by atoms with Crippen molar-refractivity contribution in [1.82, 2.24) is 4.98 Å². The number of rotatable bonds is 4. The third-order valence-corrected chi connectivity index (χ3v) is 4.93. The van der Waals surface area contributed by atoms with Crippen LogP contribution in [0.4, 0.5) is 5.69 Å². The van der Waals surface area contributed by atoms with Crippen LogP contribution in [0.25, 0.3) is 22.6 Å². The SMILES string of the molecule is Cc1cc(C)cc(C(=O)Nc2cccc(-c3nc4cc(C(C)C)ccc4o3)c2)c1. The standard InChI is InChI=1S/C25H24N2O2/c1-15(2)18-8-9-23-22(14-18)27-25(29-23)19-6-5-7-21(13-19)26-24(28)20-11-16(3)10-17(4)12-20/h5-15H,1-4H3,(H,26,28). The number of anilines is 1. The highest BCUT2D eigenvalue weighted by molar-refractivity contribution is 6.04. The van der Waals surface area contributed by atoms with E-state index in [4.69, 9.17) is 4.42 Å². The van der Waals surface area contributed by atoms with Crippen molar-refractivity contribution in [2.75, 3.05) is 5.32 Å². The fraction of sp³-hybridized carbons (Fsp3) is 0.200. The summed E-state index contributed by atoms with van der Waals surface area (Å²) >= 11 is 0. The average molecular weight is 384 g/mol. The van der Waals surface area contributed by atoms with Gasteiger partial charge in [-0.25, -0.2) is 4.98 Å². The molecule has 1 N–H and O–H groups in total. The second-order valence-electron chi connectivity index (χ2n) is 7.81. The number of aryl methyl sites for hydroxylation is 2. The summed E-state index contributed by atoms with van der Waals surface area (Å²) < 4.78 is 5.94. The molecule has 146 valence electrons. The summed E-state index contributed by atoms with van der Waals surface area (Å²) in [7, 11) is 0. The molecule has 0 unspecified atom stereocenters. The van der Waals surface area contributed by atoms with Gasteiger partial charge in [0.05, 0.1) is 0 Å². The minimum atomic E-state index is -0.131. The van der Waals surface area contributed by atoms with Gasteiger partial charge in [-0.2, -0.15) is 0 Å². The molecule has 0 saturated carbocycles.